The van der Waals surface area contributed by atoms with Crippen molar-refractivity contribution in [3.8, 4) is 0 Å². The Balaban J connectivity index is 3.55. The first-order valence-electron chi connectivity index (χ1n) is 7.22. The molecule has 0 aromatic heterocycles. The first-order valence-corrected chi connectivity index (χ1v) is 7.22. The Morgan fingerprint density at radius 2 is 1.67 bits per heavy atom. The summed E-state index contributed by atoms with van der Waals surface area (Å²) < 4.78 is 0. The number of aliphatic carboxylic acids is 2. The third-order valence-corrected chi connectivity index (χ3v) is 3.52. The van der Waals surface area contributed by atoms with Gasteiger partial charge in [-0.25, -0.2) is 9.59 Å². The third kappa shape index (κ3) is 3.94. The number of allylic oxidation sites excluding steroid dienone is 1. The van der Waals surface area contributed by atoms with E-state index < -0.39 is 17.5 Å². The maximum atomic E-state index is 11.3. The molecule has 4 nitrogen and oxygen atoms in total. The summed E-state index contributed by atoms with van der Waals surface area (Å²) in [4.78, 5) is 22.6. The van der Waals surface area contributed by atoms with E-state index in [4.69, 9.17) is 0 Å². The van der Waals surface area contributed by atoms with E-state index in [1.807, 2.05) is 32.0 Å². The highest BCUT2D eigenvalue weighted by Crippen LogP contribution is 2.29. The van der Waals surface area contributed by atoms with Crippen LogP contribution in [0.5, 0.6) is 0 Å². The molecular weight excluding hydrogens is 268 g/mol. The summed E-state index contributed by atoms with van der Waals surface area (Å²) in [5.41, 5.74) is 2.74. The zero-order valence-corrected chi connectivity index (χ0v) is 12.8. The van der Waals surface area contributed by atoms with Gasteiger partial charge in [0.1, 0.15) is 5.57 Å². The predicted octanol–water partition coefficient (Wildman–Crippen LogP) is 3.67. The minimum Gasteiger partial charge on any atom is -0.477 e. The number of carbonyl (C=O) groups is 2. The summed E-state index contributed by atoms with van der Waals surface area (Å²) in [6, 6.07) is 5.68. The smallest absolute Gasteiger partial charge is 0.343 e. The second-order valence-corrected chi connectivity index (χ2v) is 5.05. The average Bonchev–Trinajstić information content (AvgIpc) is 2.40. The molecule has 0 heterocycles. The van der Waals surface area contributed by atoms with E-state index in [0.29, 0.717) is 18.4 Å². The van der Waals surface area contributed by atoms with Crippen molar-refractivity contribution in [2.24, 2.45) is 0 Å². The highest BCUT2D eigenvalue weighted by Gasteiger charge is 2.23. The summed E-state index contributed by atoms with van der Waals surface area (Å²) in [5.74, 6) is -2.77. The lowest BCUT2D eigenvalue weighted by molar-refractivity contribution is -0.140. The monoisotopic (exact) mass is 290 g/mol. The zero-order valence-electron chi connectivity index (χ0n) is 12.8. The first kappa shape index (κ1) is 17.0. The number of benzene rings is 1. The molecule has 0 saturated carbocycles. The summed E-state index contributed by atoms with van der Waals surface area (Å²) >= 11 is 0. The summed E-state index contributed by atoms with van der Waals surface area (Å²) in [6.07, 6.45) is 3.01. The van der Waals surface area contributed by atoms with E-state index in [-0.39, 0.29) is 0 Å². The van der Waals surface area contributed by atoms with Gasteiger partial charge in [-0.1, -0.05) is 44.9 Å². The predicted molar refractivity (Wildman–Crippen MR) is 82.3 cm³/mol. The molecule has 0 aliphatic carbocycles. The standard InChI is InChI=1S/C17H22O4/c1-4-7-12-9-6-10-13(11(12)3)14(8-5-2)15(16(18)19)17(20)21/h6,9-10H,4-5,7-8H2,1-3H3,(H,18,19)(H,20,21). The van der Waals surface area contributed by atoms with Crippen molar-refractivity contribution in [2.45, 2.75) is 46.5 Å². The fourth-order valence-electron chi connectivity index (χ4n) is 2.54. The molecule has 4 heteroatoms. The molecule has 0 spiro atoms. The van der Waals surface area contributed by atoms with Crippen molar-refractivity contribution >= 4 is 17.5 Å². The molecule has 1 aromatic carbocycles. The highest BCUT2D eigenvalue weighted by molar-refractivity contribution is 6.18. The van der Waals surface area contributed by atoms with Crippen LogP contribution < -0.4 is 0 Å². The quantitative estimate of drug-likeness (QED) is 0.456. The van der Waals surface area contributed by atoms with E-state index in [1.165, 1.54) is 0 Å². The van der Waals surface area contributed by atoms with Crippen molar-refractivity contribution in [3.05, 3.63) is 40.5 Å². The Morgan fingerprint density at radius 1 is 1.05 bits per heavy atom. The second-order valence-electron chi connectivity index (χ2n) is 5.05. The van der Waals surface area contributed by atoms with Crippen LogP contribution in [0, 0.1) is 6.92 Å². The maximum Gasteiger partial charge on any atom is 0.343 e. The normalized spacial score (nSPS) is 10.2. The lowest BCUT2D eigenvalue weighted by Gasteiger charge is -2.15. The van der Waals surface area contributed by atoms with Crippen LogP contribution in [0.3, 0.4) is 0 Å². The number of aryl methyl sites for hydroxylation is 1. The number of hydrogen-bond donors (Lipinski definition) is 2. The Bertz CT molecular complexity index is 554. The second kappa shape index (κ2) is 7.62. The number of carboxylic acids is 2. The molecule has 0 amide bonds. The van der Waals surface area contributed by atoms with Crippen molar-refractivity contribution in [2.75, 3.05) is 0 Å². The molecule has 0 aliphatic heterocycles. The average molecular weight is 290 g/mol. The van der Waals surface area contributed by atoms with Gasteiger partial charge < -0.3 is 10.2 Å². The van der Waals surface area contributed by atoms with Crippen LogP contribution >= 0.6 is 0 Å². The Morgan fingerprint density at radius 3 is 2.14 bits per heavy atom. The fraction of sp³-hybridized carbons (Fsp3) is 0.412. The molecule has 0 atom stereocenters. The van der Waals surface area contributed by atoms with E-state index in [1.54, 1.807) is 0 Å². The molecular formula is C17H22O4. The van der Waals surface area contributed by atoms with Gasteiger partial charge in [0.15, 0.2) is 0 Å². The summed E-state index contributed by atoms with van der Waals surface area (Å²) in [7, 11) is 0. The zero-order chi connectivity index (χ0) is 16.0. The molecule has 0 fully saturated rings. The Hall–Kier alpha value is -2.10. The van der Waals surface area contributed by atoms with E-state index >= 15 is 0 Å². The van der Waals surface area contributed by atoms with Gasteiger partial charge in [0.25, 0.3) is 0 Å². The Labute approximate surface area is 125 Å². The molecule has 0 bridgehead atoms. The Kier molecular flexibility index (Phi) is 6.15. The van der Waals surface area contributed by atoms with Crippen molar-refractivity contribution in [3.63, 3.8) is 0 Å². The van der Waals surface area contributed by atoms with Crippen LogP contribution in [0.15, 0.2) is 23.8 Å². The highest BCUT2D eigenvalue weighted by atomic mass is 16.4. The van der Waals surface area contributed by atoms with Gasteiger partial charge in [0.2, 0.25) is 0 Å². The van der Waals surface area contributed by atoms with Crippen LogP contribution in [-0.4, -0.2) is 22.2 Å². The summed E-state index contributed by atoms with van der Waals surface area (Å²) in [5, 5.41) is 18.5. The molecule has 0 saturated heterocycles. The number of rotatable bonds is 7. The van der Waals surface area contributed by atoms with Gasteiger partial charge in [-0.2, -0.15) is 0 Å². The molecule has 114 valence electrons. The van der Waals surface area contributed by atoms with Gasteiger partial charge in [-0.15, -0.1) is 0 Å². The van der Waals surface area contributed by atoms with Crippen LogP contribution in [0.4, 0.5) is 0 Å². The SMILES string of the molecule is CCCC(=C(C(=O)O)C(=O)O)c1cccc(CCC)c1C. The van der Waals surface area contributed by atoms with E-state index in [0.717, 1.165) is 29.5 Å². The van der Waals surface area contributed by atoms with Crippen molar-refractivity contribution in [1.82, 2.24) is 0 Å². The van der Waals surface area contributed by atoms with Gasteiger partial charge >= 0.3 is 11.9 Å². The van der Waals surface area contributed by atoms with Crippen molar-refractivity contribution in [1.29, 1.82) is 0 Å². The van der Waals surface area contributed by atoms with Crippen LogP contribution in [0.1, 0.15) is 49.8 Å². The van der Waals surface area contributed by atoms with Gasteiger partial charge in [0.05, 0.1) is 0 Å². The minimum atomic E-state index is -1.38. The van der Waals surface area contributed by atoms with E-state index in [2.05, 4.69) is 6.92 Å². The maximum absolute atomic E-state index is 11.3. The number of carboxylic acid groups (broad SMARTS) is 2. The topological polar surface area (TPSA) is 74.6 Å². The number of hydrogen-bond acceptors (Lipinski definition) is 2. The van der Waals surface area contributed by atoms with Crippen LogP contribution in [0.2, 0.25) is 0 Å². The molecule has 21 heavy (non-hydrogen) atoms. The molecule has 0 aliphatic rings. The lowest BCUT2D eigenvalue weighted by Crippen LogP contribution is -2.14. The van der Waals surface area contributed by atoms with Gasteiger partial charge in [0, 0.05) is 0 Å². The molecule has 0 radical (unpaired) electrons. The minimum absolute atomic E-state index is 0.410. The molecule has 0 unspecified atom stereocenters. The summed E-state index contributed by atoms with van der Waals surface area (Å²) in [6.45, 7) is 5.92. The lowest BCUT2D eigenvalue weighted by atomic mass is 9.89. The fourth-order valence-corrected chi connectivity index (χ4v) is 2.54. The largest absolute Gasteiger partial charge is 0.477 e. The van der Waals surface area contributed by atoms with Gasteiger partial charge in [-0.3, -0.25) is 0 Å². The van der Waals surface area contributed by atoms with Crippen molar-refractivity contribution < 1.29 is 19.8 Å². The molecule has 1 aromatic rings. The first-order chi connectivity index (χ1) is 9.93. The third-order valence-electron chi connectivity index (χ3n) is 3.52. The molecule has 1 rings (SSSR count). The van der Waals surface area contributed by atoms with E-state index in [9.17, 15) is 19.8 Å². The molecule has 2 N–H and O–H groups in total. The van der Waals surface area contributed by atoms with Crippen LogP contribution in [0.25, 0.3) is 5.57 Å². The van der Waals surface area contributed by atoms with Gasteiger partial charge in [-0.05, 0) is 42.0 Å². The van der Waals surface area contributed by atoms with Crippen LogP contribution in [-0.2, 0) is 16.0 Å².